The topological polar surface area (TPSA) is 136 Å². The van der Waals surface area contributed by atoms with E-state index in [4.69, 9.17) is 5.84 Å². The molecule has 0 fully saturated rings. The Morgan fingerprint density at radius 3 is 2.65 bits per heavy atom. The van der Waals surface area contributed by atoms with Gasteiger partial charge in [-0.3, -0.25) is 34.8 Å². The van der Waals surface area contributed by atoms with E-state index in [1.807, 2.05) is 5.43 Å². The fourth-order valence-electron chi connectivity index (χ4n) is 1.96. The summed E-state index contributed by atoms with van der Waals surface area (Å²) < 4.78 is 0. The van der Waals surface area contributed by atoms with Gasteiger partial charge in [-0.1, -0.05) is 6.07 Å². The van der Waals surface area contributed by atoms with Crippen LogP contribution in [-0.4, -0.2) is 34.1 Å². The number of nitro benzene ring substituents is 1. The number of nitrogens with two attached hydrogens (primary N) is 1. The Bertz CT molecular complexity index is 627. The number of nitro groups is 1. The van der Waals surface area contributed by atoms with Crippen LogP contribution in [0, 0.1) is 10.1 Å². The Morgan fingerprint density at radius 1 is 1.35 bits per heavy atom. The lowest BCUT2D eigenvalue weighted by molar-refractivity contribution is -0.385. The van der Waals surface area contributed by atoms with Crippen molar-refractivity contribution in [3.8, 4) is 0 Å². The van der Waals surface area contributed by atoms with Crippen LogP contribution < -0.4 is 11.3 Å². The second-order valence-electron chi connectivity index (χ2n) is 4.04. The van der Waals surface area contributed by atoms with Crippen LogP contribution in [0.3, 0.4) is 0 Å². The fraction of sp³-hybridized carbons (Fsp3) is 0.182. The maximum atomic E-state index is 12.1. The van der Waals surface area contributed by atoms with Gasteiger partial charge in [-0.2, -0.15) is 0 Å². The molecular weight excluding hydrogens is 268 g/mol. The molecule has 1 heterocycles. The Balaban J connectivity index is 2.33. The molecule has 0 atom stereocenters. The van der Waals surface area contributed by atoms with Gasteiger partial charge in [0.25, 0.3) is 17.5 Å². The van der Waals surface area contributed by atoms with Gasteiger partial charge >= 0.3 is 0 Å². The molecule has 9 heteroatoms. The van der Waals surface area contributed by atoms with Gasteiger partial charge in [-0.25, -0.2) is 5.84 Å². The lowest BCUT2D eigenvalue weighted by atomic mass is 10.1. The predicted octanol–water partition coefficient (Wildman–Crippen LogP) is -0.429. The number of imide groups is 1. The van der Waals surface area contributed by atoms with E-state index in [9.17, 15) is 24.5 Å². The first-order chi connectivity index (χ1) is 9.47. The number of rotatable bonds is 4. The number of hydrogen-bond donors (Lipinski definition) is 2. The molecule has 0 unspecified atom stereocenters. The van der Waals surface area contributed by atoms with Crippen LogP contribution in [0.1, 0.15) is 27.1 Å². The number of hydrogen-bond acceptors (Lipinski definition) is 6. The Labute approximate surface area is 112 Å². The minimum atomic E-state index is -0.776. The van der Waals surface area contributed by atoms with Gasteiger partial charge in [0.05, 0.1) is 10.5 Å². The number of carbonyl (C=O) groups excluding carboxylic acids is 3. The molecule has 3 N–H and O–H groups in total. The Kier molecular flexibility index (Phi) is 3.44. The molecular formula is C11H10N4O5. The number of fused-ring (bicyclic) bond motifs is 1. The van der Waals surface area contributed by atoms with Crippen LogP contribution in [0.2, 0.25) is 0 Å². The van der Waals surface area contributed by atoms with Gasteiger partial charge in [0.1, 0.15) is 5.56 Å². The first-order valence-corrected chi connectivity index (χ1v) is 5.60. The van der Waals surface area contributed by atoms with Crippen LogP contribution in [0.5, 0.6) is 0 Å². The molecule has 9 nitrogen and oxygen atoms in total. The molecule has 0 radical (unpaired) electrons. The summed E-state index contributed by atoms with van der Waals surface area (Å²) in [6.07, 6.45) is -0.171. The summed E-state index contributed by atoms with van der Waals surface area (Å²) in [7, 11) is 0. The Hall–Kier alpha value is -2.81. The summed E-state index contributed by atoms with van der Waals surface area (Å²) in [5.74, 6) is 2.92. The molecule has 1 aromatic carbocycles. The van der Waals surface area contributed by atoms with E-state index in [1.54, 1.807) is 0 Å². The van der Waals surface area contributed by atoms with Crippen molar-refractivity contribution in [1.29, 1.82) is 0 Å². The minimum absolute atomic E-state index is 0.0302. The quantitative estimate of drug-likeness (QED) is 0.252. The average molecular weight is 278 g/mol. The number of nitrogens with one attached hydrogen (secondary N) is 1. The van der Waals surface area contributed by atoms with E-state index >= 15 is 0 Å². The molecule has 1 aliphatic rings. The van der Waals surface area contributed by atoms with Gasteiger partial charge in [-0.15, -0.1) is 0 Å². The van der Waals surface area contributed by atoms with Crippen LogP contribution in [-0.2, 0) is 4.79 Å². The van der Waals surface area contributed by atoms with Crippen LogP contribution in [0.25, 0.3) is 0 Å². The average Bonchev–Trinajstić information content (AvgIpc) is 2.68. The number of benzene rings is 1. The maximum absolute atomic E-state index is 12.1. The minimum Gasteiger partial charge on any atom is -0.294 e. The van der Waals surface area contributed by atoms with Crippen molar-refractivity contribution in [2.75, 3.05) is 6.54 Å². The number of hydrazine groups is 1. The third-order valence-electron chi connectivity index (χ3n) is 2.90. The summed E-state index contributed by atoms with van der Waals surface area (Å²) in [5.41, 5.74) is 1.18. The lowest BCUT2D eigenvalue weighted by Gasteiger charge is -2.12. The largest absolute Gasteiger partial charge is 0.294 e. The zero-order valence-corrected chi connectivity index (χ0v) is 10.2. The molecule has 0 spiro atoms. The van der Waals surface area contributed by atoms with E-state index in [2.05, 4.69) is 0 Å². The van der Waals surface area contributed by atoms with Crippen molar-refractivity contribution >= 4 is 23.4 Å². The standard InChI is InChI=1S/C11H10N4O5/c12-13-8(16)4-5-14-10(17)6-2-1-3-7(15(19)20)9(6)11(14)18/h1-3H,4-5,12H2,(H,13,16). The highest BCUT2D eigenvalue weighted by Crippen LogP contribution is 2.30. The van der Waals surface area contributed by atoms with Crippen LogP contribution in [0.15, 0.2) is 18.2 Å². The van der Waals surface area contributed by atoms with E-state index in [-0.39, 0.29) is 24.1 Å². The van der Waals surface area contributed by atoms with Crippen molar-refractivity contribution in [2.24, 2.45) is 5.84 Å². The van der Waals surface area contributed by atoms with E-state index in [0.29, 0.717) is 0 Å². The van der Waals surface area contributed by atoms with E-state index in [0.717, 1.165) is 11.0 Å². The highest BCUT2D eigenvalue weighted by Gasteiger charge is 2.40. The van der Waals surface area contributed by atoms with Crippen LogP contribution >= 0.6 is 0 Å². The third-order valence-corrected chi connectivity index (χ3v) is 2.90. The molecule has 1 aliphatic heterocycles. The van der Waals surface area contributed by atoms with Crippen molar-refractivity contribution in [1.82, 2.24) is 10.3 Å². The number of amides is 3. The molecule has 0 aliphatic carbocycles. The smallest absolute Gasteiger partial charge is 0.282 e. The zero-order valence-electron chi connectivity index (χ0n) is 10.2. The van der Waals surface area contributed by atoms with Gasteiger partial charge < -0.3 is 0 Å². The third kappa shape index (κ3) is 2.10. The SMILES string of the molecule is NNC(=O)CCN1C(=O)c2cccc([N+](=O)[O-])c2C1=O. The summed E-state index contributed by atoms with van der Waals surface area (Å²) in [4.78, 5) is 46.1. The molecule has 0 bridgehead atoms. The van der Waals surface area contributed by atoms with Crippen molar-refractivity contribution in [2.45, 2.75) is 6.42 Å². The van der Waals surface area contributed by atoms with Gasteiger partial charge in [0.2, 0.25) is 5.91 Å². The maximum Gasteiger partial charge on any atom is 0.282 e. The summed E-state index contributed by atoms with van der Waals surface area (Å²) in [6, 6.07) is 3.82. The van der Waals surface area contributed by atoms with Crippen LogP contribution in [0.4, 0.5) is 5.69 Å². The van der Waals surface area contributed by atoms with Gasteiger partial charge in [0.15, 0.2) is 0 Å². The summed E-state index contributed by atoms with van der Waals surface area (Å²) in [5, 5.41) is 10.9. The predicted molar refractivity (Wildman–Crippen MR) is 65.4 cm³/mol. The zero-order chi connectivity index (χ0) is 14.9. The summed E-state index contributed by atoms with van der Waals surface area (Å²) in [6.45, 7) is -0.188. The highest BCUT2D eigenvalue weighted by molar-refractivity contribution is 6.23. The molecule has 0 saturated heterocycles. The first-order valence-electron chi connectivity index (χ1n) is 5.60. The molecule has 104 valence electrons. The fourth-order valence-corrected chi connectivity index (χ4v) is 1.96. The molecule has 0 aromatic heterocycles. The molecule has 3 amide bonds. The normalized spacial score (nSPS) is 13.3. The first kappa shape index (κ1) is 13.6. The number of carbonyl (C=O) groups is 3. The van der Waals surface area contributed by atoms with Gasteiger partial charge in [-0.05, 0) is 6.07 Å². The monoisotopic (exact) mass is 278 g/mol. The molecule has 2 rings (SSSR count). The lowest BCUT2D eigenvalue weighted by Crippen LogP contribution is -2.36. The van der Waals surface area contributed by atoms with Crippen molar-refractivity contribution in [3.63, 3.8) is 0 Å². The van der Waals surface area contributed by atoms with Crippen molar-refractivity contribution in [3.05, 3.63) is 39.4 Å². The van der Waals surface area contributed by atoms with E-state index < -0.39 is 28.3 Å². The highest BCUT2D eigenvalue weighted by atomic mass is 16.6. The van der Waals surface area contributed by atoms with Crippen molar-refractivity contribution < 1.29 is 19.3 Å². The summed E-state index contributed by atoms with van der Waals surface area (Å²) >= 11 is 0. The molecule has 1 aromatic rings. The van der Waals surface area contributed by atoms with E-state index in [1.165, 1.54) is 12.1 Å². The Morgan fingerprint density at radius 2 is 2.05 bits per heavy atom. The molecule has 0 saturated carbocycles. The van der Waals surface area contributed by atoms with Gasteiger partial charge in [0, 0.05) is 19.0 Å². The molecule has 20 heavy (non-hydrogen) atoms. The second-order valence-corrected chi connectivity index (χ2v) is 4.04. The number of nitrogens with zero attached hydrogens (tertiary/aromatic N) is 2. The second kappa shape index (κ2) is 5.05.